The molecule has 0 N–H and O–H groups in total. The highest BCUT2D eigenvalue weighted by atomic mass is 16.1. The number of rotatable bonds is 2. The van der Waals surface area contributed by atoms with Crippen LogP contribution in [-0.2, 0) is 9.59 Å². The molecular formula is C20H22O2. The van der Waals surface area contributed by atoms with Crippen LogP contribution in [0.1, 0.15) is 20.8 Å². The van der Waals surface area contributed by atoms with Gasteiger partial charge in [-0.15, -0.1) is 13.2 Å². The van der Waals surface area contributed by atoms with Gasteiger partial charge >= 0.3 is 0 Å². The lowest BCUT2D eigenvalue weighted by Gasteiger charge is -2.17. The van der Waals surface area contributed by atoms with Crippen molar-refractivity contribution in [2.45, 2.75) is 20.8 Å². The van der Waals surface area contributed by atoms with Crippen LogP contribution in [0.4, 0.5) is 0 Å². The number of hydrogen-bond donors (Lipinski definition) is 0. The van der Waals surface area contributed by atoms with E-state index in [1.165, 1.54) is 6.08 Å². The molecule has 0 aromatic rings. The molecular weight excluding hydrogens is 272 g/mol. The van der Waals surface area contributed by atoms with Gasteiger partial charge in [-0.1, -0.05) is 63.0 Å². The number of allylic oxidation sites excluding steroid dienone is 11. The fraction of sp³-hybridized carbons (Fsp3) is 0.200. The third-order valence-corrected chi connectivity index (χ3v) is 3.46. The number of ketones is 2. The first-order valence-electron chi connectivity index (χ1n) is 7.13. The molecule has 2 rings (SSSR count). The SMILES string of the molecule is C=C.C=CC1=C(/C=C\C)C(=O)C2=C(C=CC(C)(C)C=C2)C1=O. The first kappa shape index (κ1) is 17.6. The Morgan fingerprint density at radius 1 is 0.955 bits per heavy atom. The number of Topliss-reactive ketones (excluding diaryl/α,β-unsaturated/α-hetero) is 2. The van der Waals surface area contributed by atoms with E-state index in [2.05, 4.69) is 19.7 Å². The van der Waals surface area contributed by atoms with Crippen LogP contribution in [0.25, 0.3) is 0 Å². The van der Waals surface area contributed by atoms with E-state index in [0.29, 0.717) is 22.3 Å². The van der Waals surface area contributed by atoms with Crippen molar-refractivity contribution in [2.75, 3.05) is 0 Å². The van der Waals surface area contributed by atoms with Gasteiger partial charge in [0.15, 0.2) is 11.6 Å². The molecule has 2 aliphatic carbocycles. The number of carbonyl (C=O) groups excluding carboxylic acids is 2. The monoisotopic (exact) mass is 294 g/mol. The Hall–Kier alpha value is -2.48. The molecule has 0 fully saturated rings. The topological polar surface area (TPSA) is 34.1 Å². The van der Waals surface area contributed by atoms with Gasteiger partial charge in [0.1, 0.15) is 0 Å². The van der Waals surface area contributed by atoms with E-state index in [0.717, 1.165) is 0 Å². The largest absolute Gasteiger partial charge is 0.289 e. The van der Waals surface area contributed by atoms with E-state index in [9.17, 15) is 9.59 Å². The Kier molecular flexibility index (Phi) is 5.58. The van der Waals surface area contributed by atoms with Crippen LogP contribution in [0.15, 0.2) is 84.6 Å². The maximum atomic E-state index is 12.6. The van der Waals surface area contributed by atoms with Crippen molar-refractivity contribution in [1.82, 2.24) is 0 Å². The molecule has 22 heavy (non-hydrogen) atoms. The third kappa shape index (κ3) is 3.22. The summed E-state index contributed by atoms with van der Waals surface area (Å²) in [7, 11) is 0. The number of carbonyl (C=O) groups is 2. The zero-order valence-electron chi connectivity index (χ0n) is 13.5. The molecule has 0 aromatic carbocycles. The van der Waals surface area contributed by atoms with Crippen LogP contribution in [0.3, 0.4) is 0 Å². The highest BCUT2D eigenvalue weighted by molar-refractivity contribution is 6.29. The summed E-state index contributed by atoms with van der Waals surface area (Å²) in [6.07, 6.45) is 12.3. The summed E-state index contributed by atoms with van der Waals surface area (Å²) in [6.45, 7) is 15.5. The van der Waals surface area contributed by atoms with Crippen molar-refractivity contribution < 1.29 is 9.59 Å². The summed E-state index contributed by atoms with van der Waals surface area (Å²) >= 11 is 0. The minimum absolute atomic E-state index is 0.119. The van der Waals surface area contributed by atoms with E-state index in [-0.39, 0.29) is 17.0 Å². The van der Waals surface area contributed by atoms with Gasteiger partial charge in [-0.05, 0) is 6.92 Å². The third-order valence-electron chi connectivity index (χ3n) is 3.46. The predicted octanol–water partition coefficient (Wildman–Crippen LogP) is 4.45. The van der Waals surface area contributed by atoms with Gasteiger partial charge in [-0.2, -0.15) is 0 Å². The van der Waals surface area contributed by atoms with Gasteiger partial charge in [-0.25, -0.2) is 0 Å². The molecule has 2 nitrogen and oxygen atoms in total. The second-order valence-electron chi connectivity index (χ2n) is 5.51. The minimum atomic E-state index is -0.174. The first-order valence-corrected chi connectivity index (χ1v) is 7.13. The van der Waals surface area contributed by atoms with Crippen molar-refractivity contribution in [3.63, 3.8) is 0 Å². The summed E-state index contributed by atoms with van der Waals surface area (Å²) in [5.74, 6) is -0.257. The molecule has 114 valence electrons. The van der Waals surface area contributed by atoms with Crippen molar-refractivity contribution in [1.29, 1.82) is 0 Å². The first-order chi connectivity index (χ1) is 10.4. The fourth-order valence-electron chi connectivity index (χ4n) is 2.30. The lowest BCUT2D eigenvalue weighted by atomic mass is 9.83. The molecule has 0 heterocycles. The average Bonchev–Trinajstić information content (AvgIpc) is 2.66. The molecule has 0 spiro atoms. The second-order valence-corrected chi connectivity index (χ2v) is 5.51. The van der Waals surface area contributed by atoms with Crippen molar-refractivity contribution in [2.24, 2.45) is 5.41 Å². The van der Waals surface area contributed by atoms with E-state index in [1.54, 1.807) is 24.3 Å². The normalized spacial score (nSPS) is 19.8. The minimum Gasteiger partial charge on any atom is -0.289 e. The van der Waals surface area contributed by atoms with E-state index in [4.69, 9.17) is 0 Å². The van der Waals surface area contributed by atoms with E-state index >= 15 is 0 Å². The van der Waals surface area contributed by atoms with E-state index in [1.807, 2.05) is 32.9 Å². The molecule has 0 atom stereocenters. The molecule has 0 saturated heterocycles. The Morgan fingerprint density at radius 2 is 1.41 bits per heavy atom. The summed E-state index contributed by atoms with van der Waals surface area (Å²) in [5, 5.41) is 0. The van der Waals surface area contributed by atoms with Crippen LogP contribution < -0.4 is 0 Å². The molecule has 0 aromatic heterocycles. The highest BCUT2D eigenvalue weighted by Crippen LogP contribution is 2.33. The second kappa shape index (κ2) is 6.99. The van der Waals surface area contributed by atoms with Crippen LogP contribution in [0, 0.1) is 5.41 Å². The van der Waals surface area contributed by atoms with Gasteiger partial charge in [0.25, 0.3) is 0 Å². The molecule has 0 bridgehead atoms. The van der Waals surface area contributed by atoms with Gasteiger partial charge in [-0.3, -0.25) is 9.59 Å². The van der Waals surface area contributed by atoms with Crippen LogP contribution >= 0.6 is 0 Å². The maximum absolute atomic E-state index is 12.6. The molecule has 0 saturated carbocycles. The maximum Gasteiger partial charge on any atom is 0.194 e. The molecule has 0 amide bonds. The molecule has 0 unspecified atom stereocenters. The zero-order chi connectivity index (χ0) is 16.9. The summed E-state index contributed by atoms with van der Waals surface area (Å²) in [4.78, 5) is 25.1. The summed E-state index contributed by atoms with van der Waals surface area (Å²) in [6, 6.07) is 0. The van der Waals surface area contributed by atoms with Crippen LogP contribution in [-0.4, -0.2) is 11.6 Å². The quantitative estimate of drug-likeness (QED) is 0.557. The molecule has 0 radical (unpaired) electrons. The smallest absolute Gasteiger partial charge is 0.194 e. The Morgan fingerprint density at radius 3 is 1.82 bits per heavy atom. The highest BCUT2D eigenvalue weighted by Gasteiger charge is 2.31. The van der Waals surface area contributed by atoms with Crippen LogP contribution in [0.5, 0.6) is 0 Å². The van der Waals surface area contributed by atoms with Gasteiger partial charge in [0, 0.05) is 27.7 Å². The average molecular weight is 294 g/mol. The molecule has 0 aliphatic heterocycles. The van der Waals surface area contributed by atoms with Gasteiger partial charge < -0.3 is 0 Å². The summed E-state index contributed by atoms with van der Waals surface area (Å²) < 4.78 is 0. The van der Waals surface area contributed by atoms with Gasteiger partial charge in [0.05, 0.1) is 0 Å². The zero-order valence-corrected chi connectivity index (χ0v) is 13.5. The van der Waals surface area contributed by atoms with Crippen molar-refractivity contribution in [3.05, 3.63) is 84.6 Å². The Balaban J connectivity index is 0.00000116. The predicted molar refractivity (Wildman–Crippen MR) is 92.4 cm³/mol. The molecule has 2 aliphatic rings. The van der Waals surface area contributed by atoms with Crippen LogP contribution in [0.2, 0.25) is 0 Å². The Bertz CT molecular complexity index is 662. The summed E-state index contributed by atoms with van der Waals surface area (Å²) in [5.41, 5.74) is 1.55. The molecule has 2 heteroatoms. The lowest BCUT2D eigenvalue weighted by molar-refractivity contribution is -0.115. The fourth-order valence-corrected chi connectivity index (χ4v) is 2.30. The van der Waals surface area contributed by atoms with Crippen molar-refractivity contribution in [3.8, 4) is 0 Å². The van der Waals surface area contributed by atoms with Gasteiger partial charge in [0.2, 0.25) is 0 Å². The van der Waals surface area contributed by atoms with Crippen molar-refractivity contribution >= 4 is 11.6 Å². The Labute approximate surface area is 132 Å². The van der Waals surface area contributed by atoms with E-state index < -0.39 is 0 Å². The standard InChI is InChI=1S/C18H18O2.C2H4/c1-5-7-13-12(6-2)16(19)14-8-10-18(3,4)11-9-15(14)17(13)20;1-2/h5-11H,2H2,1,3-4H3;1-2H2/b7-5-;. The lowest BCUT2D eigenvalue weighted by Crippen LogP contribution is -2.21. The number of hydrogen-bond acceptors (Lipinski definition) is 2.